The maximum absolute atomic E-state index is 11.9. The van der Waals surface area contributed by atoms with Crippen LogP contribution in [0.25, 0.3) is 0 Å². The van der Waals surface area contributed by atoms with Gasteiger partial charge in [-0.15, -0.1) is 0 Å². The van der Waals surface area contributed by atoms with Gasteiger partial charge >= 0.3 is 0 Å². The molecule has 0 radical (unpaired) electrons. The van der Waals surface area contributed by atoms with Crippen LogP contribution in [-0.4, -0.2) is 25.5 Å². The van der Waals surface area contributed by atoms with Gasteiger partial charge in [0.15, 0.2) is 6.54 Å². The van der Waals surface area contributed by atoms with Crippen molar-refractivity contribution in [3.8, 4) is 0 Å². The second-order valence-corrected chi connectivity index (χ2v) is 5.09. The average Bonchev–Trinajstić information content (AvgIpc) is 2.40. The Hall–Kier alpha value is -1.35. The normalized spacial score (nSPS) is 16.5. The summed E-state index contributed by atoms with van der Waals surface area (Å²) in [4.78, 5) is 13.3. The van der Waals surface area contributed by atoms with Crippen molar-refractivity contribution in [1.82, 2.24) is 0 Å². The molecule has 0 aliphatic carbocycles. The zero-order chi connectivity index (χ0) is 12.8. The van der Waals surface area contributed by atoms with E-state index >= 15 is 0 Å². The van der Waals surface area contributed by atoms with E-state index in [0.717, 1.165) is 25.2 Å². The molecular formula is C15H23N2O+. The molecule has 0 aromatic heterocycles. The number of carbonyl (C=O) groups excluding carboxylic acids is 1. The molecule has 1 saturated heterocycles. The van der Waals surface area contributed by atoms with E-state index in [2.05, 4.69) is 24.4 Å². The Kier molecular flexibility index (Phi) is 4.76. The van der Waals surface area contributed by atoms with Gasteiger partial charge in [-0.2, -0.15) is 0 Å². The first-order valence-corrected chi connectivity index (χ1v) is 7.00. The number of likely N-dealkylation sites (tertiary alicyclic amines) is 1. The SMILES string of the molecule is CCc1ccc(NC(=O)C[NH+]2CCCCC2)cc1. The number of hydrogen-bond donors (Lipinski definition) is 2. The molecule has 0 unspecified atom stereocenters. The molecule has 0 bridgehead atoms. The van der Waals surface area contributed by atoms with Crippen LogP contribution in [-0.2, 0) is 11.2 Å². The zero-order valence-electron chi connectivity index (χ0n) is 11.2. The first-order valence-electron chi connectivity index (χ1n) is 7.00. The molecule has 1 aliphatic rings. The largest absolute Gasteiger partial charge is 0.327 e. The van der Waals surface area contributed by atoms with Crippen LogP contribution in [0.1, 0.15) is 31.7 Å². The number of anilines is 1. The number of amides is 1. The van der Waals surface area contributed by atoms with Crippen molar-refractivity contribution in [2.45, 2.75) is 32.6 Å². The Morgan fingerprint density at radius 2 is 1.83 bits per heavy atom. The highest BCUT2D eigenvalue weighted by atomic mass is 16.2. The lowest BCUT2D eigenvalue weighted by Crippen LogP contribution is -3.13. The molecular weight excluding hydrogens is 224 g/mol. The number of rotatable bonds is 4. The fourth-order valence-electron chi connectivity index (χ4n) is 2.48. The summed E-state index contributed by atoms with van der Waals surface area (Å²) in [5, 5.41) is 2.98. The number of carbonyl (C=O) groups is 1. The van der Waals surface area contributed by atoms with Crippen LogP contribution < -0.4 is 10.2 Å². The molecule has 1 fully saturated rings. The Morgan fingerprint density at radius 1 is 1.17 bits per heavy atom. The first kappa shape index (κ1) is 13.1. The van der Waals surface area contributed by atoms with Gasteiger partial charge in [0.25, 0.3) is 5.91 Å². The summed E-state index contributed by atoms with van der Waals surface area (Å²) in [6.07, 6.45) is 4.87. The molecule has 1 aliphatic heterocycles. The summed E-state index contributed by atoms with van der Waals surface area (Å²) in [6.45, 7) is 5.02. The lowest BCUT2D eigenvalue weighted by molar-refractivity contribution is -0.896. The minimum atomic E-state index is 0.135. The molecule has 2 rings (SSSR count). The molecule has 3 heteroatoms. The van der Waals surface area contributed by atoms with E-state index in [4.69, 9.17) is 0 Å². The van der Waals surface area contributed by atoms with E-state index in [1.807, 2.05) is 12.1 Å². The third-order valence-corrected chi connectivity index (χ3v) is 3.62. The highest BCUT2D eigenvalue weighted by Crippen LogP contribution is 2.09. The Bertz CT molecular complexity index is 380. The van der Waals surface area contributed by atoms with Crippen molar-refractivity contribution in [3.05, 3.63) is 29.8 Å². The maximum atomic E-state index is 11.9. The highest BCUT2D eigenvalue weighted by Gasteiger charge is 2.17. The van der Waals surface area contributed by atoms with Crippen molar-refractivity contribution in [2.75, 3.05) is 25.0 Å². The number of nitrogens with one attached hydrogen (secondary N) is 2. The van der Waals surface area contributed by atoms with Crippen LogP contribution in [0.2, 0.25) is 0 Å². The van der Waals surface area contributed by atoms with Gasteiger partial charge < -0.3 is 10.2 Å². The van der Waals surface area contributed by atoms with E-state index in [1.165, 1.54) is 29.7 Å². The second-order valence-electron chi connectivity index (χ2n) is 5.09. The van der Waals surface area contributed by atoms with Crippen LogP contribution in [0.4, 0.5) is 5.69 Å². The zero-order valence-corrected chi connectivity index (χ0v) is 11.2. The maximum Gasteiger partial charge on any atom is 0.279 e. The lowest BCUT2D eigenvalue weighted by Gasteiger charge is -2.22. The standard InChI is InChI=1S/C15H22N2O/c1-2-13-6-8-14(9-7-13)16-15(18)12-17-10-4-3-5-11-17/h6-9H,2-5,10-12H2,1H3,(H,16,18)/p+1. The molecule has 1 aromatic carbocycles. The van der Waals surface area contributed by atoms with Crippen molar-refractivity contribution >= 4 is 11.6 Å². The summed E-state index contributed by atoms with van der Waals surface area (Å²) in [7, 11) is 0. The quantitative estimate of drug-likeness (QED) is 0.825. The van der Waals surface area contributed by atoms with Gasteiger partial charge in [0.1, 0.15) is 0 Å². The minimum absolute atomic E-state index is 0.135. The second kappa shape index (κ2) is 6.55. The van der Waals surface area contributed by atoms with Gasteiger partial charge in [-0.05, 0) is 43.4 Å². The van der Waals surface area contributed by atoms with E-state index < -0.39 is 0 Å². The van der Waals surface area contributed by atoms with Crippen LogP contribution in [0.15, 0.2) is 24.3 Å². The van der Waals surface area contributed by atoms with Crippen molar-refractivity contribution < 1.29 is 9.69 Å². The van der Waals surface area contributed by atoms with E-state index in [1.54, 1.807) is 0 Å². The van der Waals surface area contributed by atoms with Crippen LogP contribution in [0.5, 0.6) is 0 Å². The summed E-state index contributed by atoms with van der Waals surface area (Å²) in [5.41, 5.74) is 2.21. The van der Waals surface area contributed by atoms with Crippen LogP contribution >= 0.6 is 0 Å². The average molecular weight is 247 g/mol. The van der Waals surface area contributed by atoms with Crippen LogP contribution in [0, 0.1) is 0 Å². The number of benzene rings is 1. The van der Waals surface area contributed by atoms with Gasteiger partial charge in [0, 0.05) is 5.69 Å². The van der Waals surface area contributed by atoms with Crippen molar-refractivity contribution in [2.24, 2.45) is 0 Å². The number of aryl methyl sites for hydroxylation is 1. The molecule has 0 spiro atoms. The molecule has 3 nitrogen and oxygen atoms in total. The monoisotopic (exact) mass is 247 g/mol. The predicted octanol–water partition coefficient (Wildman–Crippen LogP) is 1.26. The van der Waals surface area contributed by atoms with E-state index in [9.17, 15) is 4.79 Å². The van der Waals surface area contributed by atoms with Gasteiger partial charge in [-0.25, -0.2) is 0 Å². The number of hydrogen-bond acceptors (Lipinski definition) is 1. The van der Waals surface area contributed by atoms with Gasteiger partial charge in [0.05, 0.1) is 13.1 Å². The van der Waals surface area contributed by atoms with Gasteiger partial charge in [-0.3, -0.25) is 4.79 Å². The Labute approximate surface area is 109 Å². The topological polar surface area (TPSA) is 33.5 Å². The molecule has 2 N–H and O–H groups in total. The Morgan fingerprint density at radius 3 is 2.44 bits per heavy atom. The molecule has 1 amide bonds. The fourth-order valence-corrected chi connectivity index (χ4v) is 2.48. The molecule has 1 aromatic rings. The summed E-state index contributed by atoms with van der Waals surface area (Å²) >= 11 is 0. The van der Waals surface area contributed by atoms with E-state index in [-0.39, 0.29) is 5.91 Å². The third kappa shape index (κ3) is 3.84. The molecule has 18 heavy (non-hydrogen) atoms. The third-order valence-electron chi connectivity index (χ3n) is 3.62. The van der Waals surface area contributed by atoms with Crippen molar-refractivity contribution in [1.29, 1.82) is 0 Å². The smallest absolute Gasteiger partial charge is 0.279 e. The predicted molar refractivity (Wildman–Crippen MR) is 73.9 cm³/mol. The van der Waals surface area contributed by atoms with E-state index in [0.29, 0.717) is 6.54 Å². The molecule has 1 heterocycles. The summed E-state index contributed by atoms with van der Waals surface area (Å²) < 4.78 is 0. The molecule has 98 valence electrons. The summed E-state index contributed by atoms with van der Waals surface area (Å²) in [5.74, 6) is 0.135. The lowest BCUT2D eigenvalue weighted by atomic mass is 10.1. The fraction of sp³-hybridized carbons (Fsp3) is 0.533. The minimum Gasteiger partial charge on any atom is -0.327 e. The van der Waals surface area contributed by atoms with Crippen molar-refractivity contribution in [3.63, 3.8) is 0 Å². The summed E-state index contributed by atoms with van der Waals surface area (Å²) in [6, 6.07) is 8.12. The first-order chi connectivity index (χ1) is 8.78. The number of piperidine rings is 1. The molecule has 0 saturated carbocycles. The Balaban J connectivity index is 1.82. The van der Waals surface area contributed by atoms with Gasteiger partial charge in [0.2, 0.25) is 0 Å². The van der Waals surface area contributed by atoms with Gasteiger partial charge in [-0.1, -0.05) is 19.1 Å². The number of quaternary nitrogens is 1. The van der Waals surface area contributed by atoms with Crippen LogP contribution in [0.3, 0.4) is 0 Å². The highest BCUT2D eigenvalue weighted by molar-refractivity contribution is 5.91. The molecule has 0 atom stereocenters.